The molecular formula is C12H24N2O2. The highest BCUT2D eigenvalue weighted by Crippen LogP contribution is 2.04. The third-order valence-electron chi connectivity index (χ3n) is 2.51. The molecule has 0 aromatic heterocycles. The van der Waals surface area contributed by atoms with E-state index in [-0.39, 0.29) is 17.7 Å². The predicted molar refractivity (Wildman–Crippen MR) is 66.5 cm³/mol. The molecule has 1 atom stereocenters. The summed E-state index contributed by atoms with van der Waals surface area (Å²) in [5.41, 5.74) is -0.336. The number of rotatable bonds is 7. The predicted octanol–water partition coefficient (Wildman–Crippen LogP) is 2.07. The number of hydrogen-bond acceptors (Lipinski definition) is 2. The van der Waals surface area contributed by atoms with Crippen molar-refractivity contribution in [3.63, 3.8) is 0 Å². The fraction of sp³-hybridized carbons (Fsp3) is 0.750. The second-order valence-electron chi connectivity index (χ2n) is 4.42. The Bertz CT molecular complexity index is 227. The molecule has 0 saturated carbocycles. The number of nitrogens with one attached hydrogen (secondary N) is 2. The van der Waals surface area contributed by atoms with Crippen LogP contribution in [0, 0.1) is 0 Å². The molecule has 94 valence electrons. The van der Waals surface area contributed by atoms with Crippen molar-refractivity contribution < 1.29 is 9.53 Å². The van der Waals surface area contributed by atoms with Crippen molar-refractivity contribution in [2.75, 3.05) is 13.7 Å². The lowest BCUT2D eigenvalue weighted by Gasteiger charge is -2.24. The Balaban J connectivity index is 3.93. The third-order valence-corrected chi connectivity index (χ3v) is 2.51. The fourth-order valence-corrected chi connectivity index (χ4v) is 1.13. The number of urea groups is 1. The molecule has 0 rings (SSSR count). The minimum absolute atomic E-state index is 0.154. The summed E-state index contributed by atoms with van der Waals surface area (Å²) in [6.07, 6.45) is 3.50. The number of carbonyl (C=O) groups is 1. The first kappa shape index (κ1) is 15.0. The van der Waals surface area contributed by atoms with Crippen molar-refractivity contribution in [2.45, 2.75) is 45.3 Å². The first-order chi connectivity index (χ1) is 7.45. The summed E-state index contributed by atoms with van der Waals surface area (Å²) in [7, 11) is 1.63. The van der Waals surface area contributed by atoms with Gasteiger partial charge in [0.25, 0.3) is 0 Å². The molecule has 0 heterocycles. The fourth-order valence-electron chi connectivity index (χ4n) is 1.13. The third kappa shape index (κ3) is 6.45. The first-order valence-corrected chi connectivity index (χ1v) is 5.65. The second-order valence-corrected chi connectivity index (χ2v) is 4.42. The second kappa shape index (κ2) is 7.28. The zero-order valence-corrected chi connectivity index (χ0v) is 10.8. The van der Waals surface area contributed by atoms with Gasteiger partial charge in [-0.25, -0.2) is 4.79 Å². The van der Waals surface area contributed by atoms with E-state index in [0.29, 0.717) is 6.54 Å². The lowest BCUT2D eigenvalue weighted by atomic mass is 10.1. The van der Waals surface area contributed by atoms with E-state index in [1.165, 1.54) is 0 Å². The van der Waals surface area contributed by atoms with Gasteiger partial charge in [-0.2, -0.15) is 0 Å². The molecule has 0 aliphatic rings. The maximum atomic E-state index is 11.5. The summed E-state index contributed by atoms with van der Waals surface area (Å²) in [6, 6.07) is 0.00184. The molecule has 2 N–H and O–H groups in total. The molecular weight excluding hydrogens is 204 g/mol. The molecule has 0 fully saturated rings. The van der Waals surface area contributed by atoms with Crippen LogP contribution in [0.5, 0.6) is 0 Å². The number of amides is 2. The molecule has 0 aromatic carbocycles. The molecule has 0 radical (unpaired) electrons. The van der Waals surface area contributed by atoms with Crippen LogP contribution >= 0.6 is 0 Å². The number of ether oxygens (including phenoxy) is 1. The molecule has 0 spiro atoms. The lowest BCUT2D eigenvalue weighted by Crippen LogP contribution is -2.47. The van der Waals surface area contributed by atoms with Gasteiger partial charge >= 0.3 is 6.03 Å². The Hall–Kier alpha value is -1.03. The molecule has 4 heteroatoms. The lowest BCUT2D eigenvalue weighted by molar-refractivity contribution is 0.0253. The van der Waals surface area contributed by atoms with Crippen LogP contribution in [-0.2, 0) is 4.74 Å². The zero-order valence-electron chi connectivity index (χ0n) is 10.8. The number of methoxy groups -OCH3 is 1. The van der Waals surface area contributed by atoms with Gasteiger partial charge < -0.3 is 15.4 Å². The van der Waals surface area contributed by atoms with Gasteiger partial charge in [0.2, 0.25) is 0 Å². The molecule has 4 nitrogen and oxygen atoms in total. The standard InChI is InChI=1S/C12H24N2O2/c1-6-8-10(7-2)14-11(15)13-9-12(3,4)16-5/h6,10H,1,7-9H2,2-5H3,(H2,13,14,15)/t10-/m0/s1. The van der Waals surface area contributed by atoms with Crippen molar-refractivity contribution in [3.8, 4) is 0 Å². The van der Waals surface area contributed by atoms with Crippen molar-refractivity contribution in [1.29, 1.82) is 0 Å². The average molecular weight is 228 g/mol. The van der Waals surface area contributed by atoms with Gasteiger partial charge in [-0.1, -0.05) is 13.0 Å². The van der Waals surface area contributed by atoms with Gasteiger partial charge in [0, 0.05) is 19.7 Å². The minimum Gasteiger partial charge on any atom is -0.377 e. The van der Waals surface area contributed by atoms with E-state index in [1.807, 2.05) is 26.8 Å². The molecule has 0 aliphatic heterocycles. The van der Waals surface area contributed by atoms with Crippen LogP contribution in [0.4, 0.5) is 4.79 Å². The Labute approximate surface area is 98.4 Å². The normalized spacial score (nSPS) is 13.0. The zero-order chi connectivity index (χ0) is 12.6. The molecule has 0 bridgehead atoms. The smallest absolute Gasteiger partial charge is 0.315 e. The van der Waals surface area contributed by atoms with Crippen molar-refractivity contribution >= 4 is 6.03 Å². The van der Waals surface area contributed by atoms with Crippen LogP contribution in [0.1, 0.15) is 33.6 Å². The Morgan fingerprint density at radius 3 is 2.62 bits per heavy atom. The summed E-state index contributed by atoms with van der Waals surface area (Å²) in [4.78, 5) is 11.5. The average Bonchev–Trinajstić information content (AvgIpc) is 2.26. The van der Waals surface area contributed by atoms with E-state index in [9.17, 15) is 4.79 Å². The van der Waals surface area contributed by atoms with Gasteiger partial charge in [-0.05, 0) is 26.7 Å². The maximum Gasteiger partial charge on any atom is 0.315 e. The van der Waals surface area contributed by atoms with E-state index in [4.69, 9.17) is 4.74 Å². The monoisotopic (exact) mass is 228 g/mol. The van der Waals surface area contributed by atoms with E-state index in [1.54, 1.807) is 7.11 Å². The number of carbonyl (C=O) groups excluding carboxylic acids is 1. The maximum absolute atomic E-state index is 11.5. The van der Waals surface area contributed by atoms with Crippen LogP contribution in [0.15, 0.2) is 12.7 Å². The van der Waals surface area contributed by atoms with Crippen molar-refractivity contribution in [1.82, 2.24) is 10.6 Å². The summed E-state index contributed by atoms with van der Waals surface area (Å²) < 4.78 is 5.21. The van der Waals surface area contributed by atoms with Gasteiger partial charge in [0.1, 0.15) is 0 Å². The summed E-state index contributed by atoms with van der Waals surface area (Å²) in [6.45, 7) is 10.0. The van der Waals surface area contributed by atoms with Crippen LogP contribution in [0.3, 0.4) is 0 Å². The SMILES string of the molecule is C=CC[C@H](CC)NC(=O)NCC(C)(C)OC. The van der Waals surface area contributed by atoms with Crippen molar-refractivity contribution in [2.24, 2.45) is 0 Å². The van der Waals surface area contributed by atoms with Gasteiger partial charge in [0.15, 0.2) is 0 Å². The molecule has 16 heavy (non-hydrogen) atoms. The topological polar surface area (TPSA) is 50.4 Å². The van der Waals surface area contributed by atoms with Gasteiger partial charge in [-0.3, -0.25) is 0 Å². The number of hydrogen-bond donors (Lipinski definition) is 2. The van der Waals surface area contributed by atoms with Crippen LogP contribution in [0.25, 0.3) is 0 Å². The molecule has 0 saturated heterocycles. The summed E-state index contributed by atoms with van der Waals surface area (Å²) in [5, 5.41) is 5.68. The molecule has 2 amide bonds. The highest BCUT2D eigenvalue weighted by molar-refractivity contribution is 5.74. The van der Waals surface area contributed by atoms with E-state index < -0.39 is 0 Å². The largest absolute Gasteiger partial charge is 0.377 e. The summed E-state index contributed by atoms with van der Waals surface area (Å²) in [5.74, 6) is 0. The van der Waals surface area contributed by atoms with Crippen LogP contribution in [0.2, 0.25) is 0 Å². The van der Waals surface area contributed by atoms with Gasteiger partial charge in [0.05, 0.1) is 5.60 Å². The van der Waals surface area contributed by atoms with Crippen LogP contribution < -0.4 is 10.6 Å². The summed E-state index contributed by atoms with van der Waals surface area (Å²) >= 11 is 0. The van der Waals surface area contributed by atoms with Crippen molar-refractivity contribution in [3.05, 3.63) is 12.7 Å². The Morgan fingerprint density at radius 2 is 2.19 bits per heavy atom. The quantitative estimate of drug-likeness (QED) is 0.655. The van der Waals surface area contributed by atoms with Crippen LogP contribution in [-0.4, -0.2) is 31.3 Å². The van der Waals surface area contributed by atoms with E-state index in [0.717, 1.165) is 12.8 Å². The molecule has 0 aliphatic carbocycles. The highest BCUT2D eigenvalue weighted by Gasteiger charge is 2.17. The Kier molecular flexibility index (Phi) is 6.81. The van der Waals surface area contributed by atoms with E-state index >= 15 is 0 Å². The molecule has 0 unspecified atom stereocenters. The van der Waals surface area contributed by atoms with E-state index in [2.05, 4.69) is 17.2 Å². The molecule has 0 aromatic rings. The Morgan fingerprint density at radius 1 is 1.56 bits per heavy atom. The highest BCUT2D eigenvalue weighted by atomic mass is 16.5. The van der Waals surface area contributed by atoms with Gasteiger partial charge in [-0.15, -0.1) is 6.58 Å². The first-order valence-electron chi connectivity index (χ1n) is 5.65. The minimum atomic E-state index is -0.336.